The molecule has 96 valence electrons. The van der Waals surface area contributed by atoms with Crippen LogP contribution in [0.15, 0.2) is 24.5 Å². The van der Waals surface area contributed by atoms with E-state index in [4.69, 9.17) is 11.6 Å². The smallest absolute Gasteiger partial charge is 0.222 e. The van der Waals surface area contributed by atoms with E-state index in [0.717, 1.165) is 10.9 Å². The summed E-state index contributed by atoms with van der Waals surface area (Å²) in [6, 6.07) is 2.69. The summed E-state index contributed by atoms with van der Waals surface area (Å²) in [5.74, 6) is -0.935. The fourth-order valence-electron chi connectivity index (χ4n) is 1.28. The first kappa shape index (κ1) is 12.8. The van der Waals surface area contributed by atoms with E-state index in [-0.39, 0.29) is 17.3 Å². The Bertz CT molecular complexity index is 564. The Hall–Kier alpha value is -1.63. The van der Waals surface area contributed by atoms with Gasteiger partial charge >= 0.3 is 6.18 Å². The topological polar surface area (TPSA) is 30.7 Å². The molecule has 0 atom stereocenters. The number of pyridine rings is 1. The van der Waals surface area contributed by atoms with Gasteiger partial charge in [0.2, 0.25) is 5.95 Å². The highest BCUT2D eigenvalue weighted by Gasteiger charge is 2.32. The maximum Gasteiger partial charge on any atom is 0.419 e. The van der Waals surface area contributed by atoms with E-state index >= 15 is 0 Å². The van der Waals surface area contributed by atoms with Gasteiger partial charge in [0, 0.05) is 11.8 Å². The Morgan fingerprint density at radius 1 is 1.28 bits per heavy atom. The normalized spacial score (nSPS) is 11.8. The highest BCUT2D eigenvalue weighted by Crippen LogP contribution is 2.29. The quantitative estimate of drug-likeness (QED) is 0.480. The van der Waals surface area contributed by atoms with Crippen LogP contribution in [0.2, 0.25) is 0 Å². The van der Waals surface area contributed by atoms with Gasteiger partial charge in [-0.3, -0.25) is 0 Å². The lowest BCUT2D eigenvalue weighted by Gasteiger charge is -2.03. The number of hydrogen-bond acceptors (Lipinski definition) is 2. The molecule has 0 spiro atoms. The molecule has 2 aromatic rings. The molecule has 0 fully saturated rings. The average molecular weight is 280 g/mol. The zero-order valence-electron chi connectivity index (χ0n) is 8.75. The van der Waals surface area contributed by atoms with E-state index < -0.39 is 17.7 Å². The van der Waals surface area contributed by atoms with Gasteiger partial charge in [0.1, 0.15) is 0 Å². The van der Waals surface area contributed by atoms with Crippen molar-refractivity contribution in [1.29, 1.82) is 0 Å². The Kier molecular flexibility index (Phi) is 3.25. The molecule has 0 radical (unpaired) electrons. The van der Waals surface area contributed by atoms with E-state index in [9.17, 15) is 17.6 Å². The molecule has 2 rings (SSSR count). The second-order valence-corrected chi connectivity index (χ2v) is 3.69. The van der Waals surface area contributed by atoms with Gasteiger partial charge in [-0.1, -0.05) is 0 Å². The second kappa shape index (κ2) is 4.56. The van der Waals surface area contributed by atoms with E-state index in [1.807, 2.05) is 0 Å². The predicted octanol–water partition coefficient (Wildman–Crippen LogP) is 3.16. The Morgan fingerprint density at radius 3 is 2.50 bits per heavy atom. The van der Waals surface area contributed by atoms with Crippen molar-refractivity contribution in [3.8, 4) is 5.82 Å². The standard InChI is InChI=1S/C10H6ClF4N3/c11-3-6-1-2-8(17-9(6)12)18-5-7(4-16-18)10(13,14)15/h1-2,4-5H,3H2. The van der Waals surface area contributed by atoms with Crippen LogP contribution in [0.4, 0.5) is 17.6 Å². The lowest BCUT2D eigenvalue weighted by Crippen LogP contribution is -2.04. The van der Waals surface area contributed by atoms with Crippen molar-refractivity contribution in [3.05, 3.63) is 41.6 Å². The monoisotopic (exact) mass is 279 g/mol. The van der Waals surface area contributed by atoms with Crippen LogP contribution >= 0.6 is 11.6 Å². The summed E-state index contributed by atoms with van der Waals surface area (Å²) in [6.07, 6.45) is -3.11. The van der Waals surface area contributed by atoms with Crippen LogP contribution in [-0.4, -0.2) is 14.8 Å². The second-order valence-electron chi connectivity index (χ2n) is 3.42. The third kappa shape index (κ3) is 2.45. The first-order valence-corrected chi connectivity index (χ1v) is 5.29. The molecule has 0 bridgehead atoms. The first-order valence-electron chi connectivity index (χ1n) is 4.75. The SMILES string of the molecule is Fc1nc(-n2cc(C(F)(F)F)cn2)ccc1CCl. The van der Waals surface area contributed by atoms with E-state index in [0.29, 0.717) is 6.20 Å². The van der Waals surface area contributed by atoms with Crippen molar-refractivity contribution in [1.82, 2.24) is 14.8 Å². The molecule has 0 N–H and O–H groups in total. The third-order valence-electron chi connectivity index (χ3n) is 2.20. The number of hydrogen-bond donors (Lipinski definition) is 0. The lowest BCUT2D eigenvalue weighted by molar-refractivity contribution is -0.137. The number of aromatic nitrogens is 3. The number of nitrogens with zero attached hydrogens (tertiary/aromatic N) is 3. The number of alkyl halides is 4. The molecule has 0 amide bonds. The fourth-order valence-corrected chi connectivity index (χ4v) is 1.47. The van der Waals surface area contributed by atoms with Gasteiger partial charge in [0.15, 0.2) is 5.82 Å². The highest BCUT2D eigenvalue weighted by atomic mass is 35.5. The third-order valence-corrected chi connectivity index (χ3v) is 2.49. The van der Waals surface area contributed by atoms with Gasteiger partial charge in [0.05, 0.1) is 17.6 Å². The summed E-state index contributed by atoms with van der Waals surface area (Å²) in [5.41, 5.74) is -0.755. The van der Waals surface area contributed by atoms with Crippen LogP contribution in [0, 0.1) is 5.95 Å². The van der Waals surface area contributed by atoms with Crippen molar-refractivity contribution in [2.45, 2.75) is 12.1 Å². The molecule has 0 saturated heterocycles. The minimum absolute atomic E-state index is 0.0446. The number of halogens is 5. The summed E-state index contributed by atoms with van der Waals surface area (Å²) < 4.78 is 51.2. The van der Waals surface area contributed by atoms with Crippen LogP contribution in [-0.2, 0) is 12.1 Å². The van der Waals surface area contributed by atoms with E-state index in [1.165, 1.54) is 12.1 Å². The van der Waals surface area contributed by atoms with Gasteiger partial charge in [0.25, 0.3) is 0 Å². The Labute approximate surface area is 104 Å². The van der Waals surface area contributed by atoms with Gasteiger partial charge in [-0.15, -0.1) is 11.6 Å². The Morgan fingerprint density at radius 2 is 2.00 bits per heavy atom. The van der Waals surface area contributed by atoms with Crippen molar-refractivity contribution in [2.75, 3.05) is 0 Å². The van der Waals surface area contributed by atoms with Gasteiger partial charge in [-0.05, 0) is 12.1 Å². The molecule has 0 saturated carbocycles. The molecule has 0 aliphatic heterocycles. The molecule has 18 heavy (non-hydrogen) atoms. The maximum absolute atomic E-state index is 13.3. The minimum Gasteiger partial charge on any atom is -0.222 e. The van der Waals surface area contributed by atoms with Gasteiger partial charge in [-0.2, -0.15) is 27.6 Å². The fraction of sp³-hybridized carbons (Fsp3) is 0.200. The predicted molar refractivity (Wildman–Crippen MR) is 55.9 cm³/mol. The molecule has 2 aromatic heterocycles. The summed E-state index contributed by atoms with van der Waals surface area (Å²) in [7, 11) is 0. The highest BCUT2D eigenvalue weighted by molar-refractivity contribution is 6.17. The van der Waals surface area contributed by atoms with Crippen molar-refractivity contribution in [2.24, 2.45) is 0 Å². The lowest BCUT2D eigenvalue weighted by atomic mass is 10.3. The van der Waals surface area contributed by atoms with Gasteiger partial charge < -0.3 is 0 Å². The van der Waals surface area contributed by atoms with E-state index in [1.54, 1.807) is 0 Å². The maximum atomic E-state index is 13.3. The van der Waals surface area contributed by atoms with Crippen LogP contribution in [0.25, 0.3) is 5.82 Å². The molecule has 0 aliphatic rings. The summed E-state index contributed by atoms with van der Waals surface area (Å²) in [6.45, 7) is 0. The molecule has 8 heteroatoms. The summed E-state index contributed by atoms with van der Waals surface area (Å²) in [5, 5.41) is 3.48. The van der Waals surface area contributed by atoms with E-state index in [2.05, 4.69) is 10.1 Å². The molecule has 0 unspecified atom stereocenters. The summed E-state index contributed by atoms with van der Waals surface area (Å²) in [4.78, 5) is 3.49. The molecule has 2 heterocycles. The zero-order chi connectivity index (χ0) is 13.3. The average Bonchev–Trinajstić information content (AvgIpc) is 2.77. The van der Waals surface area contributed by atoms with Crippen LogP contribution in [0.1, 0.15) is 11.1 Å². The van der Waals surface area contributed by atoms with Crippen LogP contribution in [0.5, 0.6) is 0 Å². The molecular formula is C10H6ClF4N3. The van der Waals surface area contributed by atoms with Crippen LogP contribution in [0.3, 0.4) is 0 Å². The first-order chi connectivity index (χ1) is 8.41. The molecular weight excluding hydrogens is 274 g/mol. The van der Waals surface area contributed by atoms with Gasteiger partial charge in [-0.25, -0.2) is 4.68 Å². The van der Waals surface area contributed by atoms with Crippen molar-refractivity contribution >= 4 is 11.6 Å². The zero-order valence-corrected chi connectivity index (χ0v) is 9.50. The van der Waals surface area contributed by atoms with Crippen molar-refractivity contribution in [3.63, 3.8) is 0 Å². The summed E-state index contributed by atoms with van der Waals surface area (Å²) >= 11 is 5.44. The largest absolute Gasteiger partial charge is 0.419 e. The van der Waals surface area contributed by atoms with Crippen molar-refractivity contribution < 1.29 is 17.6 Å². The molecule has 3 nitrogen and oxygen atoms in total. The molecule has 0 aliphatic carbocycles. The minimum atomic E-state index is -4.49. The Balaban J connectivity index is 2.38. The number of rotatable bonds is 2. The van der Waals surface area contributed by atoms with Crippen LogP contribution < -0.4 is 0 Å². The molecule has 0 aromatic carbocycles.